The molecular weight excluding hydrogens is 352 g/mol. The van der Waals surface area contributed by atoms with Crippen molar-refractivity contribution in [2.24, 2.45) is 5.73 Å². The van der Waals surface area contributed by atoms with Crippen molar-refractivity contribution in [1.29, 1.82) is 0 Å². The third-order valence-electron chi connectivity index (χ3n) is 3.83. The Labute approximate surface area is 157 Å². The maximum absolute atomic E-state index is 6.37. The van der Waals surface area contributed by atoms with E-state index in [0.29, 0.717) is 41.4 Å². The van der Waals surface area contributed by atoms with Gasteiger partial charge >= 0.3 is 0 Å². The van der Waals surface area contributed by atoms with Crippen molar-refractivity contribution in [2.45, 2.75) is 19.9 Å². The van der Waals surface area contributed by atoms with E-state index in [1.807, 2.05) is 44.2 Å². The second kappa shape index (κ2) is 8.21. The van der Waals surface area contributed by atoms with Gasteiger partial charge in [0.25, 0.3) is 0 Å². The molecule has 0 saturated carbocycles. The van der Waals surface area contributed by atoms with Crippen LogP contribution in [0.15, 0.2) is 42.5 Å². The molecule has 1 heterocycles. The number of aromatic nitrogens is 3. The van der Waals surface area contributed by atoms with Gasteiger partial charge in [-0.15, -0.1) is 0 Å². The molecule has 0 spiro atoms. The molecule has 136 valence electrons. The van der Waals surface area contributed by atoms with Crippen LogP contribution in [0.25, 0.3) is 11.4 Å². The summed E-state index contributed by atoms with van der Waals surface area (Å²) >= 11 is 5.92. The first-order valence-electron chi connectivity index (χ1n) is 8.45. The van der Waals surface area contributed by atoms with Crippen LogP contribution < -0.4 is 15.2 Å². The molecule has 6 nitrogen and oxygen atoms in total. The lowest BCUT2D eigenvalue weighted by Crippen LogP contribution is -2.14. The average Bonchev–Trinajstić information content (AvgIpc) is 3.13. The van der Waals surface area contributed by atoms with Gasteiger partial charge in [0.1, 0.15) is 5.82 Å². The van der Waals surface area contributed by atoms with Crippen LogP contribution in [0, 0.1) is 0 Å². The lowest BCUT2D eigenvalue weighted by Gasteiger charge is -2.14. The summed E-state index contributed by atoms with van der Waals surface area (Å²) in [6, 6.07) is 12.5. The van der Waals surface area contributed by atoms with Gasteiger partial charge in [0, 0.05) is 10.6 Å². The van der Waals surface area contributed by atoms with Gasteiger partial charge in [-0.1, -0.05) is 17.7 Å². The summed E-state index contributed by atoms with van der Waals surface area (Å²) in [5.74, 6) is 2.51. The van der Waals surface area contributed by atoms with Gasteiger partial charge in [0.2, 0.25) is 0 Å². The van der Waals surface area contributed by atoms with Gasteiger partial charge in [-0.3, -0.25) is 5.10 Å². The first-order chi connectivity index (χ1) is 12.6. The number of nitrogens with one attached hydrogen (secondary N) is 1. The molecule has 0 fully saturated rings. The van der Waals surface area contributed by atoms with Crippen molar-refractivity contribution in [3.8, 4) is 22.9 Å². The van der Waals surface area contributed by atoms with Crippen molar-refractivity contribution in [3.05, 3.63) is 58.9 Å². The summed E-state index contributed by atoms with van der Waals surface area (Å²) in [6.07, 6.45) is 0. The molecule has 0 aliphatic rings. The van der Waals surface area contributed by atoms with Crippen LogP contribution in [-0.4, -0.2) is 28.4 Å². The lowest BCUT2D eigenvalue weighted by atomic mass is 10.1. The van der Waals surface area contributed by atoms with E-state index in [4.69, 9.17) is 26.8 Å². The quantitative estimate of drug-likeness (QED) is 0.655. The molecule has 0 aliphatic carbocycles. The van der Waals surface area contributed by atoms with Crippen LogP contribution in [0.2, 0.25) is 5.02 Å². The molecule has 0 aliphatic heterocycles. The van der Waals surface area contributed by atoms with Crippen molar-refractivity contribution in [2.75, 3.05) is 13.2 Å². The van der Waals surface area contributed by atoms with Crippen LogP contribution in [0.1, 0.15) is 31.3 Å². The number of ether oxygens (including phenoxy) is 2. The maximum Gasteiger partial charge on any atom is 0.181 e. The van der Waals surface area contributed by atoms with Crippen molar-refractivity contribution in [3.63, 3.8) is 0 Å². The number of nitrogens with two attached hydrogens (primary N) is 1. The molecular formula is C19H21ClN4O2. The largest absolute Gasteiger partial charge is 0.490 e. The Kier molecular flexibility index (Phi) is 5.75. The van der Waals surface area contributed by atoms with Crippen LogP contribution in [-0.2, 0) is 0 Å². The van der Waals surface area contributed by atoms with E-state index >= 15 is 0 Å². The van der Waals surface area contributed by atoms with E-state index in [1.54, 1.807) is 12.1 Å². The van der Waals surface area contributed by atoms with Gasteiger partial charge in [-0.05, 0) is 55.8 Å². The molecule has 26 heavy (non-hydrogen) atoms. The zero-order chi connectivity index (χ0) is 18.5. The van der Waals surface area contributed by atoms with Crippen LogP contribution >= 0.6 is 11.6 Å². The van der Waals surface area contributed by atoms with Crippen LogP contribution in [0.4, 0.5) is 0 Å². The van der Waals surface area contributed by atoms with E-state index in [0.717, 1.165) is 11.1 Å². The third kappa shape index (κ3) is 3.98. The number of hydrogen-bond acceptors (Lipinski definition) is 5. The van der Waals surface area contributed by atoms with Gasteiger partial charge in [-0.25, -0.2) is 4.98 Å². The minimum atomic E-state index is -0.460. The van der Waals surface area contributed by atoms with Crippen LogP contribution in [0.5, 0.6) is 11.5 Å². The lowest BCUT2D eigenvalue weighted by molar-refractivity contribution is 0.287. The Morgan fingerprint density at radius 3 is 2.42 bits per heavy atom. The first kappa shape index (κ1) is 18.2. The van der Waals surface area contributed by atoms with Gasteiger partial charge in [0.05, 0.1) is 19.3 Å². The predicted octanol–water partition coefficient (Wildman–Crippen LogP) is 3.97. The summed E-state index contributed by atoms with van der Waals surface area (Å²) in [7, 11) is 0. The van der Waals surface area contributed by atoms with E-state index in [1.165, 1.54) is 0 Å². The van der Waals surface area contributed by atoms with Gasteiger partial charge < -0.3 is 15.2 Å². The molecule has 2 aromatic carbocycles. The minimum absolute atomic E-state index is 0.460. The standard InChI is InChI=1S/C19H21ClN4O2/c1-3-25-15-10-7-13(11-16(15)26-4-2)17(21)19-22-18(23-24-19)12-5-8-14(20)9-6-12/h5-11,17H,3-4,21H2,1-2H3,(H,22,23,24)/t17-/m1/s1. The van der Waals surface area contributed by atoms with E-state index < -0.39 is 6.04 Å². The number of rotatable bonds is 7. The zero-order valence-electron chi connectivity index (χ0n) is 14.7. The highest BCUT2D eigenvalue weighted by Crippen LogP contribution is 2.31. The molecule has 0 saturated heterocycles. The number of benzene rings is 2. The first-order valence-corrected chi connectivity index (χ1v) is 8.83. The molecule has 0 amide bonds. The third-order valence-corrected chi connectivity index (χ3v) is 4.08. The van der Waals surface area contributed by atoms with E-state index in [-0.39, 0.29) is 0 Å². The molecule has 7 heteroatoms. The van der Waals surface area contributed by atoms with Crippen molar-refractivity contribution >= 4 is 11.6 Å². The predicted molar refractivity (Wildman–Crippen MR) is 102 cm³/mol. The van der Waals surface area contributed by atoms with Gasteiger partial charge in [-0.2, -0.15) is 5.10 Å². The molecule has 0 bridgehead atoms. The monoisotopic (exact) mass is 372 g/mol. The molecule has 0 unspecified atom stereocenters. The molecule has 1 aromatic heterocycles. The summed E-state index contributed by atoms with van der Waals surface area (Å²) in [5, 5.41) is 7.84. The molecule has 3 rings (SSSR count). The van der Waals surface area contributed by atoms with E-state index in [2.05, 4.69) is 15.2 Å². The zero-order valence-corrected chi connectivity index (χ0v) is 15.5. The molecule has 3 aromatic rings. The smallest absolute Gasteiger partial charge is 0.181 e. The maximum atomic E-state index is 6.37. The Hall–Kier alpha value is -2.57. The number of aromatic amines is 1. The van der Waals surface area contributed by atoms with E-state index in [9.17, 15) is 0 Å². The molecule has 3 N–H and O–H groups in total. The highest BCUT2D eigenvalue weighted by molar-refractivity contribution is 6.30. The Morgan fingerprint density at radius 1 is 1.04 bits per heavy atom. The van der Waals surface area contributed by atoms with Gasteiger partial charge in [0.15, 0.2) is 17.3 Å². The summed E-state index contributed by atoms with van der Waals surface area (Å²) in [4.78, 5) is 4.51. The van der Waals surface area contributed by atoms with Crippen molar-refractivity contribution in [1.82, 2.24) is 15.2 Å². The van der Waals surface area contributed by atoms with Crippen LogP contribution in [0.3, 0.4) is 0 Å². The normalized spacial score (nSPS) is 12.0. The minimum Gasteiger partial charge on any atom is -0.490 e. The molecule has 0 radical (unpaired) electrons. The molecule has 1 atom stereocenters. The second-order valence-electron chi connectivity index (χ2n) is 5.60. The Bertz CT molecular complexity index is 864. The fourth-order valence-electron chi connectivity index (χ4n) is 2.56. The number of hydrogen-bond donors (Lipinski definition) is 2. The number of H-pyrrole nitrogens is 1. The SMILES string of the molecule is CCOc1ccc([C@@H](N)c2nc(-c3ccc(Cl)cc3)n[nH]2)cc1OCC. The number of nitrogens with zero attached hydrogens (tertiary/aromatic N) is 2. The van der Waals surface area contributed by atoms with Crippen molar-refractivity contribution < 1.29 is 9.47 Å². The Morgan fingerprint density at radius 2 is 1.73 bits per heavy atom. The summed E-state index contributed by atoms with van der Waals surface area (Å²) < 4.78 is 11.3. The highest BCUT2D eigenvalue weighted by Gasteiger charge is 2.17. The summed E-state index contributed by atoms with van der Waals surface area (Å²) in [6.45, 7) is 4.97. The number of halogens is 1. The Balaban J connectivity index is 1.86. The second-order valence-corrected chi connectivity index (χ2v) is 6.04. The summed E-state index contributed by atoms with van der Waals surface area (Å²) in [5.41, 5.74) is 8.09. The average molecular weight is 373 g/mol. The topological polar surface area (TPSA) is 86.0 Å². The highest BCUT2D eigenvalue weighted by atomic mass is 35.5. The fraction of sp³-hybridized carbons (Fsp3) is 0.263. The fourth-order valence-corrected chi connectivity index (χ4v) is 2.69.